The van der Waals surface area contributed by atoms with Crippen molar-refractivity contribution in [2.75, 3.05) is 27.2 Å². The number of ether oxygens (including phenoxy) is 2. The molecule has 1 aliphatic rings. The normalized spacial score (nSPS) is 20.1. The largest absolute Gasteiger partial charge is 0.573 e. The number of carbonyl (C=O) groups is 1. The van der Waals surface area contributed by atoms with Gasteiger partial charge < -0.3 is 19.7 Å². The van der Waals surface area contributed by atoms with Crippen molar-refractivity contribution >= 4 is 35.9 Å². The van der Waals surface area contributed by atoms with Gasteiger partial charge in [0.2, 0.25) is 0 Å². The molecule has 1 aromatic rings. The number of methoxy groups -OCH3 is 1. The second-order valence-corrected chi connectivity index (χ2v) is 6.07. The molecule has 10 heteroatoms. The minimum absolute atomic E-state index is 0. The third kappa shape index (κ3) is 6.43. The summed E-state index contributed by atoms with van der Waals surface area (Å²) in [6.45, 7) is 3.09. The second kappa shape index (κ2) is 10.00. The van der Waals surface area contributed by atoms with Crippen LogP contribution in [0, 0.1) is 11.8 Å². The lowest BCUT2D eigenvalue weighted by atomic mass is 9.99. The van der Waals surface area contributed by atoms with Crippen LogP contribution < -0.4 is 10.1 Å². The Morgan fingerprint density at radius 2 is 2.00 bits per heavy atom. The molecule has 2 rings (SSSR count). The summed E-state index contributed by atoms with van der Waals surface area (Å²) in [5.41, 5.74) is 0.350. The predicted octanol–water partition coefficient (Wildman–Crippen LogP) is 3.02. The lowest BCUT2D eigenvalue weighted by Gasteiger charge is -2.22. The molecule has 1 N–H and O–H groups in total. The van der Waals surface area contributed by atoms with E-state index in [0.717, 1.165) is 0 Å². The van der Waals surface area contributed by atoms with Gasteiger partial charge in [-0.15, -0.1) is 37.1 Å². The van der Waals surface area contributed by atoms with E-state index in [1.165, 1.54) is 19.2 Å². The molecular formula is C17H23F3IN3O3. The number of guanidine groups is 1. The quantitative estimate of drug-likeness (QED) is 0.298. The van der Waals surface area contributed by atoms with Crippen LogP contribution in [0.3, 0.4) is 0 Å². The Hall–Kier alpha value is -1.72. The van der Waals surface area contributed by atoms with Gasteiger partial charge in [-0.2, -0.15) is 0 Å². The standard InChI is InChI=1S/C17H22F3N3O3.HI/c1-11-9-23(10-13(11)15(24)25-3)16(21-2)22-8-12-6-4-5-7-14(12)26-17(18,19)20;/h4-7,11,13H,8-10H2,1-3H3,(H,21,22);1H. The van der Waals surface area contributed by atoms with E-state index in [2.05, 4.69) is 15.0 Å². The Labute approximate surface area is 173 Å². The van der Waals surface area contributed by atoms with Gasteiger partial charge >= 0.3 is 12.3 Å². The smallest absolute Gasteiger partial charge is 0.469 e. The van der Waals surface area contributed by atoms with Crippen LogP contribution in [-0.4, -0.2) is 50.4 Å². The van der Waals surface area contributed by atoms with Crippen molar-refractivity contribution in [2.45, 2.75) is 19.8 Å². The Kier molecular flexibility index (Phi) is 8.63. The van der Waals surface area contributed by atoms with Crippen LogP contribution in [-0.2, 0) is 16.1 Å². The van der Waals surface area contributed by atoms with Crippen molar-refractivity contribution in [3.05, 3.63) is 29.8 Å². The van der Waals surface area contributed by atoms with E-state index >= 15 is 0 Å². The van der Waals surface area contributed by atoms with E-state index in [1.54, 1.807) is 19.2 Å². The SMILES string of the molecule is CN=C(NCc1ccccc1OC(F)(F)F)N1CC(C)C(C(=O)OC)C1.I. The highest BCUT2D eigenvalue weighted by Crippen LogP contribution is 2.27. The highest BCUT2D eigenvalue weighted by Gasteiger charge is 2.37. The van der Waals surface area contributed by atoms with Gasteiger partial charge in [0, 0.05) is 32.2 Å². The first-order chi connectivity index (χ1) is 12.2. The molecule has 2 atom stereocenters. The molecule has 152 valence electrons. The van der Waals surface area contributed by atoms with Crippen molar-refractivity contribution in [1.82, 2.24) is 10.2 Å². The zero-order valence-electron chi connectivity index (χ0n) is 15.2. The maximum absolute atomic E-state index is 12.5. The van der Waals surface area contributed by atoms with Crippen LogP contribution in [0.2, 0.25) is 0 Å². The van der Waals surface area contributed by atoms with E-state index < -0.39 is 6.36 Å². The highest BCUT2D eigenvalue weighted by molar-refractivity contribution is 14.0. The van der Waals surface area contributed by atoms with Crippen LogP contribution in [0.15, 0.2) is 29.3 Å². The zero-order valence-corrected chi connectivity index (χ0v) is 17.6. The molecule has 1 aliphatic heterocycles. The Bertz CT molecular complexity index is 670. The summed E-state index contributed by atoms with van der Waals surface area (Å²) in [7, 11) is 2.93. The molecule has 1 aromatic carbocycles. The topological polar surface area (TPSA) is 63.2 Å². The van der Waals surface area contributed by atoms with Gasteiger partial charge in [-0.3, -0.25) is 9.79 Å². The summed E-state index contributed by atoms with van der Waals surface area (Å²) in [5, 5.41) is 3.03. The fraction of sp³-hybridized carbons (Fsp3) is 0.529. The molecule has 0 amide bonds. The van der Waals surface area contributed by atoms with Gasteiger partial charge in [0.05, 0.1) is 13.0 Å². The Morgan fingerprint density at radius 3 is 2.59 bits per heavy atom. The fourth-order valence-electron chi connectivity index (χ4n) is 2.98. The van der Waals surface area contributed by atoms with Crippen LogP contribution in [0.25, 0.3) is 0 Å². The number of nitrogens with one attached hydrogen (secondary N) is 1. The van der Waals surface area contributed by atoms with Crippen molar-refractivity contribution in [1.29, 1.82) is 0 Å². The number of hydrogen-bond donors (Lipinski definition) is 1. The predicted molar refractivity (Wildman–Crippen MR) is 105 cm³/mol. The molecule has 6 nitrogen and oxygen atoms in total. The van der Waals surface area contributed by atoms with Gasteiger partial charge in [-0.05, 0) is 12.0 Å². The van der Waals surface area contributed by atoms with E-state index in [4.69, 9.17) is 4.74 Å². The third-order valence-electron chi connectivity index (χ3n) is 4.26. The lowest BCUT2D eigenvalue weighted by molar-refractivity contribution is -0.274. The number of likely N-dealkylation sites (tertiary alicyclic amines) is 1. The highest BCUT2D eigenvalue weighted by atomic mass is 127. The minimum Gasteiger partial charge on any atom is -0.469 e. The number of nitrogens with zero attached hydrogens (tertiary/aromatic N) is 2. The third-order valence-corrected chi connectivity index (χ3v) is 4.26. The van der Waals surface area contributed by atoms with Gasteiger partial charge in [0.15, 0.2) is 5.96 Å². The fourth-order valence-corrected chi connectivity index (χ4v) is 2.98. The number of alkyl halides is 3. The monoisotopic (exact) mass is 501 g/mol. The molecule has 27 heavy (non-hydrogen) atoms. The molecule has 0 aliphatic carbocycles. The van der Waals surface area contributed by atoms with Crippen LogP contribution in [0.1, 0.15) is 12.5 Å². The first-order valence-corrected chi connectivity index (χ1v) is 8.12. The maximum atomic E-state index is 12.5. The van der Waals surface area contributed by atoms with E-state index in [1.807, 2.05) is 11.8 Å². The first-order valence-electron chi connectivity index (χ1n) is 8.12. The number of esters is 1. The molecule has 0 bridgehead atoms. The first kappa shape index (κ1) is 23.3. The molecule has 1 heterocycles. The van der Waals surface area contributed by atoms with Crippen LogP contribution in [0.4, 0.5) is 13.2 Å². The van der Waals surface area contributed by atoms with Gasteiger partial charge in [-0.25, -0.2) is 0 Å². The van der Waals surface area contributed by atoms with E-state index in [-0.39, 0.29) is 54.1 Å². The number of halogens is 4. The second-order valence-electron chi connectivity index (χ2n) is 6.07. The molecule has 2 unspecified atom stereocenters. The van der Waals surface area contributed by atoms with Crippen molar-refractivity contribution in [3.8, 4) is 5.75 Å². The summed E-state index contributed by atoms with van der Waals surface area (Å²) in [6.07, 6.45) is -4.75. The lowest BCUT2D eigenvalue weighted by Crippen LogP contribution is -2.40. The molecule has 0 radical (unpaired) electrons. The summed E-state index contributed by atoms with van der Waals surface area (Å²) < 4.78 is 46.4. The van der Waals surface area contributed by atoms with E-state index in [0.29, 0.717) is 24.6 Å². The summed E-state index contributed by atoms with van der Waals surface area (Å²) in [5.74, 6) is -0.212. The molecular weight excluding hydrogens is 478 g/mol. The summed E-state index contributed by atoms with van der Waals surface area (Å²) in [6, 6.07) is 5.92. The minimum atomic E-state index is -4.75. The average molecular weight is 501 g/mol. The average Bonchev–Trinajstić information content (AvgIpc) is 2.96. The van der Waals surface area contributed by atoms with Gasteiger partial charge in [0.1, 0.15) is 5.75 Å². The van der Waals surface area contributed by atoms with Crippen molar-refractivity contribution in [2.24, 2.45) is 16.8 Å². The number of carbonyl (C=O) groups excluding carboxylic acids is 1. The number of hydrogen-bond acceptors (Lipinski definition) is 4. The van der Waals surface area contributed by atoms with Crippen molar-refractivity contribution < 1.29 is 27.4 Å². The Balaban J connectivity index is 0.00000364. The number of benzene rings is 1. The molecule has 0 saturated carbocycles. The number of aliphatic imine (C=N–C) groups is 1. The number of para-hydroxylation sites is 1. The molecule has 0 spiro atoms. The zero-order chi connectivity index (χ0) is 19.3. The number of rotatable bonds is 4. The molecule has 0 aromatic heterocycles. The maximum Gasteiger partial charge on any atom is 0.573 e. The molecule has 1 saturated heterocycles. The molecule has 1 fully saturated rings. The van der Waals surface area contributed by atoms with Gasteiger partial charge in [-0.1, -0.05) is 25.1 Å². The van der Waals surface area contributed by atoms with E-state index in [9.17, 15) is 18.0 Å². The summed E-state index contributed by atoms with van der Waals surface area (Å²) in [4.78, 5) is 17.9. The Morgan fingerprint density at radius 1 is 1.33 bits per heavy atom. The van der Waals surface area contributed by atoms with Crippen LogP contribution in [0.5, 0.6) is 5.75 Å². The van der Waals surface area contributed by atoms with Gasteiger partial charge in [0.25, 0.3) is 0 Å². The van der Waals surface area contributed by atoms with Crippen LogP contribution >= 0.6 is 24.0 Å². The van der Waals surface area contributed by atoms with Crippen molar-refractivity contribution in [3.63, 3.8) is 0 Å². The summed E-state index contributed by atoms with van der Waals surface area (Å²) >= 11 is 0.